The van der Waals surface area contributed by atoms with Crippen molar-refractivity contribution < 1.29 is 31.2 Å². The number of carbonyl (C=O) groups excluding carboxylic acids is 2. The molecule has 0 aromatic heterocycles. The summed E-state index contributed by atoms with van der Waals surface area (Å²) in [5, 5.41) is 3.34. The summed E-state index contributed by atoms with van der Waals surface area (Å²) in [6.45, 7) is 4.94. The number of benzene rings is 4. The highest BCUT2D eigenvalue weighted by atomic mass is 35.5. The van der Waals surface area contributed by atoms with Crippen molar-refractivity contribution in [2.75, 3.05) is 17.4 Å². The third-order valence-corrected chi connectivity index (χ3v) is 9.61. The number of hydrogen-bond donors (Lipinski definition) is 1. The molecule has 0 heterocycles. The first-order valence-corrected chi connectivity index (χ1v) is 17.1. The molecule has 0 aliphatic heterocycles. The van der Waals surface area contributed by atoms with E-state index in [4.69, 9.17) is 11.6 Å². The summed E-state index contributed by atoms with van der Waals surface area (Å²) in [7, 11) is -4.57. The quantitative estimate of drug-likeness (QED) is 0.159. The largest absolute Gasteiger partial charge is 0.416 e. The van der Waals surface area contributed by atoms with Crippen LogP contribution >= 0.6 is 11.6 Å². The van der Waals surface area contributed by atoms with E-state index in [-0.39, 0.29) is 29.5 Å². The molecule has 0 spiro atoms. The average Bonchev–Trinajstić information content (AvgIpc) is 3.05. The number of sulfonamides is 1. The van der Waals surface area contributed by atoms with Gasteiger partial charge in [-0.15, -0.1) is 0 Å². The zero-order chi connectivity index (χ0) is 35.1. The molecular formula is C36H37ClF3N3O4S. The maximum absolute atomic E-state index is 14.5. The molecule has 48 heavy (non-hydrogen) atoms. The highest BCUT2D eigenvalue weighted by Gasteiger charge is 2.36. The van der Waals surface area contributed by atoms with Gasteiger partial charge in [-0.25, -0.2) is 8.42 Å². The van der Waals surface area contributed by atoms with E-state index in [1.54, 1.807) is 55.5 Å². The molecule has 0 fully saturated rings. The predicted molar refractivity (Wildman–Crippen MR) is 181 cm³/mol. The van der Waals surface area contributed by atoms with E-state index < -0.39 is 46.2 Å². The lowest BCUT2D eigenvalue weighted by Gasteiger charge is -2.34. The van der Waals surface area contributed by atoms with Gasteiger partial charge in [0.15, 0.2) is 0 Å². The van der Waals surface area contributed by atoms with Crippen molar-refractivity contribution in [1.29, 1.82) is 0 Å². The van der Waals surface area contributed by atoms with Crippen LogP contribution in [0.2, 0.25) is 5.02 Å². The monoisotopic (exact) mass is 699 g/mol. The Morgan fingerprint density at radius 3 is 2.10 bits per heavy atom. The third kappa shape index (κ3) is 9.60. The number of carbonyl (C=O) groups is 2. The number of anilines is 1. The minimum absolute atomic E-state index is 0.0956. The number of aryl methyl sites for hydroxylation is 1. The number of nitrogens with one attached hydrogen (secondary N) is 1. The van der Waals surface area contributed by atoms with E-state index in [9.17, 15) is 31.2 Å². The summed E-state index contributed by atoms with van der Waals surface area (Å²) >= 11 is 6.10. The fraction of sp³-hybridized carbons (Fsp3) is 0.278. The Morgan fingerprint density at radius 2 is 1.50 bits per heavy atom. The second-order valence-electron chi connectivity index (χ2n) is 11.9. The molecule has 1 atom stereocenters. The molecule has 0 unspecified atom stereocenters. The van der Waals surface area contributed by atoms with Crippen LogP contribution in [0.25, 0.3) is 0 Å². The van der Waals surface area contributed by atoms with Gasteiger partial charge in [0.25, 0.3) is 10.0 Å². The number of amides is 2. The maximum Gasteiger partial charge on any atom is 0.416 e. The van der Waals surface area contributed by atoms with Gasteiger partial charge in [-0.05, 0) is 66.4 Å². The van der Waals surface area contributed by atoms with E-state index in [2.05, 4.69) is 5.32 Å². The van der Waals surface area contributed by atoms with Crippen molar-refractivity contribution >= 4 is 39.1 Å². The van der Waals surface area contributed by atoms with Crippen LogP contribution in [0.5, 0.6) is 0 Å². The molecule has 0 aliphatic rings. The van der Waals surface area contributed by atoms with Crippen molar-refractivity contribution in [3.05, 3.63) is 130 Å². The van der Waals surface area contributed by atoms with Gasteiger partial charge in [0, 0.05) is 24.5 Å². The highest BCUT2D eigenvalue weighted by molar-refractivity contribution is 7.92. The lowest BCUT2D eigenvalue weighted by atomic mass is 10.0. The molecule has 4 aromatic rings. The van der Waals surface area contributed by atoms with Crippen molar-refractivity contribution in [3.63, 3.8) is 0 Å². The van der Waals surface area contributed by atoms with Gasteiger partial charge < -0.3 is 10.2 Å². The van der Waals surface area contributed by atoms with Gasteiger partial charge >= 0.3 is 6.18 Å². The third-order valence-electron chi connectivity index (χ3n) is 7.57. The molecular weight excluding hydrogens is 663 g/mol. The zero-order valence-corrected chi connectivity index (χ0v) is 28.3. The van der Waals surface area contributed by atoms with Crippen molar-refractivity contribution in [2.45, 2.75) is 50.9 Å². The minimum Gasteiger partial charge on any atom is -0.354 e. The molecule has 0 saturated carbocycles. The number of hydrogen-bond acceptors (Lipinski definition) is 4. The van der Waals surface area contributed by atoms with Crippen LogP contribution in [0.4, 0.5) is 18.9 Å². The Labute approximate surface area is 284 Å². The van der Waals surface area contributed by atoms with Gasteiger partial charge in [-0.1, -0.05) is 91.7 Å². The molecule has 2 amide bonds. The van der Waals surface area contributed by atoms with Crippen LogP contribution in [0, 0.1) is 12.8 Å². The molecule has 0 saturated heterocycles. The molecule has 12 heteroatoms. The summed E-state index contributed by atoms with van der Waals surface area (Å²) in [4.78, 5) is 29.4. The molecule has 0 radical (unpaired) electrons. The van der Waals surface area contributed by atoms with Crippen LogP contribution < -0.4 is 9.62 Å². The molecule has 0 bridgehead atoms. The second-order valence-corrected chi connectivity index (χ2v) is 14.2. The summed E-state index contributed by atoms with van der Waals surface area (Å²) < 4.78 is 70.3. The Balaban J connectivity index is 1.84. The Kier molecular flexibility index (Phi) is 11.9. The van der Waals surface area contributed by atoms with Gasteiger partial charge in [-0.2, -0.15) is 13.2 Å². The van der Waals surface area contributed by atoms with Gasteiger partial charge in [-0.3, -0.25) is 13.9 Å². The Morgan fingerprint density at radius 1 is 0.854 bits per heavy atom. The normalized spacial score (nSPS) is 12.4. The van der Waals surface area contributed by atoms with Crippen LogP contribution in [-0.4, -0.2) is 44.3 Å². The molecule has 0 aliphatic carbocycles. The first-order valence-electron chi connectivity index (χ1n) is 15.3. The van der Waals surface area contributed by atoms with Gasteiger partial charge in [0.1, 0.15) is 12.6 Å². The topological polar surface area (TPSA) is 86.8 Å². The fourth-order valence-corrected chi connectivity index (χ4v) is 6.50. The van der Waals surface area contributed by atoms with Crippen LogP contribution in [0.3, 0.4) is 0 Å². The van der Waals surface area contributed by atoms with Gasteiger partial charge in [0.2, 0.25) is 11.8 Å². The highest BCUT2D eigenvalue weighted by Crippen LogP contribution is 2.33. The predicted octanol–water partition coefficient (Wildman–Crippen LogP) is 7.27. The lowest BCUT2D eigenvalue weighted by Crippen LogP contribution is -2.53. The Bertz CT molecular complexity index is 1800. The number of rotatable bonds is 13. The maximum atomic E-state index is 14.5. The van der Waals surface area contributed by atoms with Crippen LogP contribution in [0.15, 0.2) is 108 Å². The van der Waals surface area contributed by atoms with E-state index >= 15 is 0 Å². The van der Waals surface area contributed by atoms with E-state index in [0.717, 1.165) is 23.3 Å². The molecule has 7 nitrogen and oxygen atoms in total. The van der Waals surface area contributed by atoms with Gasteiger partial charge in [0.05, 0.1) is 16.1 Å². The summed E-state index contributed by atoms with van der Waals surface area (Å²) in [6.07, 6.45) is -4.67. The van der Waals surface area contributed by atoms with Crippen LogP contribution in [-0.2, 0) is 38.8 Å². The van der Waals surface area contributed by atoms with E-state index in [1.807, 2.05) is 32.0 Å². The molecule has 4 aromatic carbocycles. The fourth-order valence-electron chi connectivity index (χ4n) is 4.97. The first kappa shape index (κ1) is 36.5. The Hall–Kier alpha value is -4.35. The first-order chi connectivity index (χ1) is 22.6. The number of halogens is 4. The minimum atomic E-state index is -4.77. The standard InChI is InChI=1S/C36H37ClF3N3O4S/c1-25(2)22-41-35(45)33(20-27-8-5-4-6-9-27)42(23-28-14-16-30(37)17-15-28)34(44)24-43(31-11-7-10-29(21-31)36(38,39)40)48(46,47)32-18-12-26(3)13-19-32/h4-19,21,25,33H,20,22-24H2,1-3H3,(H,41,45)/t33-/m1/s1. The second kappa shape index (κ2) is 15.7. The van der Waals surface area contributed by atoms with Crippen molar-refractivity contribution in [2.24, 2.45) is 5.92 Å². The number of alkyl halides is 3. The zero-order valence-electron chi connectivity index (χ0n) is 26.7. The smallest absolute Gasteiger partial charge is 0.354 e. The summed E-state index contributed by atoms with van der Waals surface area (Å²) in [5.41, 5.74) is 0.687. The summed E-state index contributed by atoms with van der Waals surface area (Å²) in [6, 6.07) is 24.1. The average molecular weight is 700 g/mol. The lowest BCUT2D eigenvalue weighted by molar-refractivity contribution is -0.140. The number of nitrogens with zero attached hydrogens (tertiary/aromatic N) is 2. The SMILES string of the molecule is Cc1ccc(S(=O)(=O)N(CC(=O)N(Cc2ccc(Cl)cc2)[C@H](Cc2ccccc2)C(=O)NCC(C)C)c2cccc(C(F)(F)F)c2)cc1. The summed E-state index contributed by atoms with van der Waals surface area (Å²) in [5.74, 6) is -1.15. The molecule has 4 rings (SSSR count). The molecule has 254 valence electrons. The van der Waals surface area contributed by atoms with E-state index in [0.29, 0.717) is 27.5 Å². The van der Waals surface area contributed by atoms with Crippen molar-refractivity contribution in [3.8, 4) is 0 Å². The van der Waals surface area contributed by atoms with E-state index in [1.165, 1.54) is 23.1 Å². The van der Waals surface area contributed by atoms with Crippen molar-refractivity contribution in [1.82, 2.24) is 10.2 Å². The van der Waals surface area contributed by atoms with Crippen LogP contribution in [0.1, 0.15) is 36.1 Å². The molecule has 1 N–H and O–H groups in total.